The molecule has 0 saturated heterocycles. The van der Waals surface area contributed by atoms with E-state index in [1.165, 1.54) is 18.5 Å². The van der Waals surface area contributed by atoms with Gasteiger partial charge in [-0.25, -0.2) is 17.9 Å². The maximum absolute atomic E-state index is 12.5. The SMILES string of the molecule is CC(C)NC(=O)NS(=O)(=O)c1cnccc1Nc1cccc(CN)c1. The molecule has 0 radical (unpaired) electrons. The lowest BCUT2D eigenvalue weighted by Gasteiger charge is -2.14. The maximum atomic E-state index is 12.5. The van der Waals surface area contributed by atoms with E-state index < -0.39 is 16.1 Å². The molecular formula is C16H21N5O3S. The van der Waals surface area contributed by atoms with Crippen LogP contribution in [0.4, 0.5) is 16.2 Å². The van der Waals surface area contributed by atoms with E-state index in [1.54, 1.807) is 19.9 Å². The second kappa shape index (κ2) is 7.95. The van der Waals surface area contributed by atoms with Crippen LogP contribution in [0.25, 0.3) is 0 Å². The molecule has 2 amide bonds. The Morgan fingerprint density at radius 1 is 1.28 bits per heavy atom. The number of pyridine rings is 1. The molecule has 8 nitrogen and oxygen atoms in total. The van der Waals surface area contributed by atoms with Crippen molar-refractivity contribution in [2.45, 2.75) is 31.3 Å². The second-order valence-corrected chi connectivity index (χ2v) is 7.29. The molecule has 0 bridgehead atoms. The van der Waals surface area contributed by atoms with E-state index in [4.69, 9.17) is 5.73 Å². The average Bonchev–Trinajstić information content (AvgIpc) is 2.54. The van der Waals surface area contributed by atoms with Crippen LogP contribution in [0.1, 0.15) is 19.4 Å². The highest BCUT2D eigenvalue weighted by molar-refractivity contribution is 7.90. The summed E-state index contributed by atoms with van der Waals surface area (Å²) < 4.78 is 26.9. The van der Waals surface area contributed by atoms with Gasteiger partial charge in [0.15, 0.2) is 0 Å². The van der Waals surface area contributed by atoms with E-state index in [0.29, 0.717) is 17.9 Å². The van der Waals surface area contributed by atoms with Crippen LogP contribution in [-0.4, -0.2) is 25.5 Å². The van der Waals surface area contributed by atoms with E-state index in [9.17, 15) is 13.2 Å². The van der Waals surface area contributed by atoms with Crippen molar-refractivity contribution >= 4 is 27.4 Å². The highest BCUT2D eigenvalue weighted by Crippen LogP contribution is 2.24. The van der Waals surface area contributed by atoms with Crippen molar-refractivity contribution in [3.8, 4) is 0 Å². The lowest BCUT2D eigenvalue weighted by Crippen LogP contribution is -2.42. The Hall–Kier alpha value is -2.65. The first-order valence-electron chi connectivity index (χ1n) is 7.65. The summed E-state index contributed by atoms with van der Waals surface area (Å²) in [4.78, 5) is 15.5. The van der Waals surface area contributed by atoms with E-state index in [1.807, 2.05) is 22.9 Å². The Labute approximate surface area is 146 Å². The smallest absolute Gasteiger partial charge is 0.328 e. The van der Waals surface area contributed by atoms with Crippen molar-refractivity contribution in [2.24, 2.45) is 5.73 Å². The number of sulfonamides is 1. The van der Waals surface area contributed by atoms with Gasteiger partial charge in [0.05, 0.1) is 5.69 Å². The first-order valence-corrected chi connectivity index (χ1v) is 9.13. The number of carbonyl (C=O) groups excluding carboxylic acids is 1. The van der Waals surface area contributed by atoms with E-state index >= 15 is 0 Å². The zero-order chi connectivity index (χ0) is 18.4. The molecule has 0 saturated carbocycles. The number of rotatable bonds is 6. The van der Waals surface area contributed by atoms with Crippen LogP contribution in [0.15, 0.2) is 47.6 Å². The Balaban J connectivity index is 2.29. The molecule has 0 aliphatic heterocycles. The van der Waals surface area contributed by atoms with Crippen LogP contribution in [0.5, 0.6) is 0 Å². The van der Waals surface area contributed by atoms with Crippen molar-refractivity contribution in [1.29, 1.82) is 0 Å². The van der Waals surface area contributed by atoms with Gasteiger partial charge < -0.3 is 16.4 Å². The topological polar surface area (TPSA) is 126 Å². The summed E-state index contributed by atoms with van der Waals surface area (Å²) in [7, 11) is -4.08. The zero-order valence-corrected chi connectivity index (χ0v) is 14.8. The molecule has 1 heterocycles. The number of hydrogen-bond acceptors (Lipinski definition) is 6. The highest BCUT2D eigenvalue weighted by Gasteiger charge is 2.22. The molecule has 0 fully saturated rings. The van der Waals surface area contributed by atoms with Gasteiger partial charge >= 0.3 is 6.03 Å². The standard InChI is InChI=1S/C16H21N5O3S/c1-11(2)19-16(22)21-25(23,24)15-10-18-7-6-14(15)20-13-5-3-4-12(8-13)9-17/h3-8,10-11H,9,17H2,1-2H3,(H,18,20)(H2,19,21,22). The molecule has 0 aliphatic carbocycles. The fraction of sp³-hybridized carbons (Fsp3) is 0.250. The van der Waals surface area contributed by atoms with Crippen LogP contribution in [-0.2, 0) is 16.6 Å². The molecular weight excluding hydrogens is 342 g/mol. The number of hydrogen-bond donors (Lipinski definition) is 4. The van der Waals surface area contributed by atoms with Crippen molar-refractivity contribution < 1.29 is 13.2 Å². The normalized spacial score (nSPS) is 11.2. The van der Waals surface area contributed by atoms with Gasteiger partial charge in [-0.1, -0.05) is 12.1 Å². The molecule has 0 spiro atoms. The number of aromatic nitrogens is 1. The average molecular weight is 363 g/mol. The number of carbonyl (C=O) groups is 1. The fourth-order valence-corrected chi connectivity index (χ4v) is 3.12. The Morgan fingerprint density at radius 2 is 2.04 bits per heavy atom. The zero-order valence-electron chi connectivity index (χ0n) is 14.0. The van der Waals surface area contributed by atoms with E-state index in [-0.39, 0.29) is 10.9 Å². The first-order chi connectivity index (χ1) is 11.8. The Kier molecular flexibility index (Phi) is 5.94. The van der Waals surface area contributed by atoms with Gasteiger partial charge in [0.25, 0.3) is 10.0 Å². The van der Waals surface area contributed by atoms with Crippen molar-refractivity contribution in [1.82, 2.24) is 15.0 Å². The molecule has 2 aromatic rings. The van der Waals surface area contributed by atoms with E-state index in [0.717, 1.165) is 5.56 Å². The molecule has 2 rings (SSSR count). The number of amides is 2. The summed E-state index contributed by atoms with van der Waals surface area (Å²) in [5.41, 5.74) is 7.50. The first kappa shape index (κ1) is 18.7. The van der Waals surface area contributed by atoms with E-state index in [2.05, 4.69) is 15.6 Å². The molecule has 9 heteroatoms. The minimum absolute atomic E-state index is 0.132. The van der Waals surface area contributed by atoms with Crippen LogP contribution in [0, 0.1) is 0 Å². The van der Waals surface area contributed by atoms with Gasteiger partial charge in [0.1, 0.15) is 4.90 Å². The predicted octanol–water partition coefficient (Wildman–Crippen LogP) is 1.68. The summed E-state index contributed by atoms with van der Waals surface area (Å²) in [5.74, 6) is 0. The molecule has 134 valence electrons. The largest absolute Gasteiger partial charge is 0.354 e. The van der Waals surface area contributed by atoms with Gasteiger partial charge in [-0.2, -0.15) is 0 Å². The monoisotopic (exact) mass is 363 g/mol. The number of anilines is 2. The van der Waals surface area contributed by atoms with Crippen LogP contribution in [0.2, 0.25) is 0 Å². The Morgan fingerprint density at radius 3 is 2.72 bits per heavy atom. The number of nitrogens with one attached hydrogen (secondary N) is 3. The van der Waals surface area contributed by atoms with Crippen LogP contribution in [0.3, 0.4) is 0 Å². The lowest BCUT2D eigenvalue weighted by molar-refractivity contribution is 0.243. The van der Waals surface area contributed by atoms with Gasteiger partial charge in [-0.3, -0.25) is 4.98 Å². The number of nitrogens with zero attached hydrogens (tertiary/aromatic N) is 1. The highest BCUT2D eigenvalue weighted by atomic mass is 32.2. The van der Waals surface area contributed by atoms with Gasteiger partial charge in [0, 0.05) is 30.7 Å². The summed E-state index contributed by atoms with van der Waals surface area (Å²) >= 11 is 0. The van der Waals surface area contributed by atoms with Gasteiger partial charge in [-0.15, -0.1) is 0 Å². The minimum Gasteiger partial charge on any atom is -0.354 e. The quantitative estimate of drug-likeness (QED) is 0.618. The van der Waals surface area contributed by atoms with Crippen LogP contribution >= 0.6 is 0 Å². The van der Waals surface area contributed by atoms with Crippen molar-refractivity contribution in [2.75, 3.05) is 5.32 Å². The molecule has 0 aliphatic rings. The van der Waals surface area contributed by atoms with Gasteiger partial charge in [0.2, 0.25) is 0 Å². The summed E-state index contributed by atoms with van der Waals surface area (Å²) in [6.07, 6.45) is 2.64. The molecule has 25 heavy (non-hydrogen) atoms. The third-order valence-corrected chi connectivity index (χ3v) is 4.52. The summed E-state index contributed by atoms with van der Waals surface area (Å²) in [6, 6.07) is 7.81. The lowest BCUT2D eigenvalue weighted by atomic mass is 10.2. The number of benzene rings is 1. The summed E-state index contributed by atoms with van der Waals surface area (Å²) in [5, 5.41) is 5.49. The second-order valence-electron chi connectivity index (χ2n) is 5.63. The molecule has 0 atom stereocenters. The van der Waals surface area contributed by atoms with Crippen molar-refractivity contribution in [3.05, 3.63) is 48.3 Å². The molecule has 1 aromatic carbocycles. The van der Waals surface area contributed by atoms with Crippen LogP contribution < -0.4 is 21.1 Å². The molecule has 1 aromatic heterocycles. The minimum atomic E-state index is -4.08. The molecule has 5 N–H and O–H groups in total. The van der Waals surface area contributed by atoms with Crippen molar-refractivity contribution in [3.63, 3.8) is 0 Å². The van der Waals surface area contributed by atoms with Gasteiger partial charge in [-0.05, 0) is 37.6 Å². The molecule has 0 unspecified atom stereocenters. The predicted molar refractivity (Wildman–Crippen MR) is 95.8 cm³/mol. The third-order valence-electron chi connectivity index (χ3n) is 3.16. The summed E-state index contributed by atoms with van der Waals surface area (Å²) in [6.45, 7) is 3.83. The fourth-order valence-electron chi connectivity index (χ4n) is 2.10. The third kappa shape index (κ3) is 5.16. The number of nitrogens with two attached hydrogens (primary N) is 1. The Bertz CT molecular complexity index is 852. The number of urea groups is 1. The maximum Gasteiger partial charge on any atom is 0.328 e.